The van der Waals surface area contributed by atoms with E-state index in [9.17, 15) is 9.59 Å². The predicted molar refractivity (Wildman–Crippen MR) is 71.4 cm³/mol. The third-order valence-corrected chi connectivity index (χ3v) is 3.27. The lowest BCUT2D eigenvalue weighted by Crippen LogP contribution is -2.11. The van der Waals surface area contributed by atoms with E-state index in [0.717, 1.165) is 32.7 Å². The molecule has 0 bridgehead atoms. The van der Waals surface area contributed by atoms with E-state index in [1.54, 1.807) is 0 Å². The van der Waals surface area contributed by atoms with Gasteiger partial charge in [0.15, 0.2) is 0 Å². The molecule has 0 aromatic heterocycles. The number of hydrogen-bond donors (Lipinski definition) is 1. The van der Waals surface area contributed by atoms with Crippen LogP contribution in [0.15, 0.2) is 0 Å². The van der Waals surface area contributed by atoms with Crippen LogP contribution < -0.4 is 0 Å². The van der Waals surface area contributed by atoms with E-state index in [0.29, 0.717) is 25.6 Å². The van der Waals surface area contributed by atoms with Gasteiger partial charge in [0.1, 0.15) is 0 Å². The van der Waals surface area contributed by atoms with Crippen LogP contribution in [0.25, 0.3) is 0 Å². The van der Waals surface area contributed by atoms with Crippen LogP contribution in [0.4, 0.5) is 0 Å². The Balaban J connectivity index is 0.000000204. The summed E-state index contributed by atoms with van der Waals surface area (Å²) in [5, 5.41) is 8.32. The predicted octanol–water partition coefficient (Wildman–Crippen LogP) is 1.47. The van der Waals surface area contributed by atoms with Crippen molar-refractivity contribution < 1.29 is 28.9 Å². The minimum Gasteiger partial charge on any atom is -0.481 e. The summed E-state index contributed by atoms with van der Waals surface area (Å²) in [6, 6.07) is 0. The maximum Gasteiger partial charge on any atom is 0.306 e. The lowest BCUT2D eigenvalue weighted by molar-refractivity contribution is -0.144. The zero-order valence-corrected chi connectivity index (χ0v) is 12.0. The molecule has 2 fully saturated rings. The van der Waals surface area contributed by atoms with Crippen LogP contribution in [0.5, 0.6) is 0 Å². The minimum absolute atomic E-state index is 0.0944. The van der Waals surface area contributed by atoms with Crippen molar-refractivity contribution in [3.63, 3.8) is 0 Å². The molecular formula is C14H24O6. The van der Waals surface area contributed by atoms with Crippen molar-refractivity contribution in [1.29, 1.82) is 0 Å². The van der Waals surface area contributed by atoms with Gasteiger partial charge in [-0.2, -0.15) is 0 Å². The summed E-state index contributed by atoms with van der Waals surface area (Å²) in [6.45, 7) is 5.18. The first-order valence-corrected chi connectivity index (χ1v) is 7.14. The van der Waals surface area contributed by atoms with Crippen LogP contribution in [0.2, 0.25) is 0 Å². The van der Waals surface area contributed by atoms with Crippen molar-refractivity contribution in [1.82, 2.24) is 0 Å². The van der Waals surface area contributed by atoms with Gasteiger partial charge >= 0.3 is 11.9 Å². The van der Waals surface area contributed by atoms with Crippen LogP contribution in [0.3, 0.4) is 0 Å². The topological polar surface area (TPSA) is 82.1 Å². The van der Waals surface area contributed by atoms with Crippen LogP contribution in [0, 0.1) is 11.8 Å². The molecule has 1 N–H and O–H groups in total. The van der Waals surface area contributed by atoms with E-state index < -0.39 is 5.97 Å². The van der Waals surface area contributed by atoms with Crippen molar-refractivity contribution in [2.45, 2.75) is 32.6 Å². The quantitative estimate of drug-likeness (QED) is 0.771. The SMILES string of the molecule is CCOC(=O)CC1CCOC1.O=C(O)CC1CCOC1. The van der Waals surface area contributed by atoms with Gasteiger partial charge in [-0.25, -0.2) is 0 Å². The molecule has 0 aromatic rings. The second-order valence-corrected chi connectivity index (χ2v) is 5.07. The fourth-order valence-electron chi connectivity index (χ4n) is 2.19. The highest BCUT2D eigenvalue weighted by Crippen LogP contribution is 2.16. The zero-order chi connectivity index (χ0) is 14.8. The van der Waals surface area contributed by atoms with Gasteiger partial charge < -0.3 is 19.3 Å². The van der Waals surface area contributed by atoms with E-state index in [1.807, 2.05) is 6.92 Å². The molecule has 2 saturated heterocycles. The first-order valence-electron chi connectivity index (χ1n) is 7.14. The molecule has 0 amide bonds. The number of ether oxygens (including phenoxy) is 3. The van der Waals surface area contributed by atoms with Gasteiger partial charge in [-0.05, 0) is 31.6 Å². The van der Waals surface area contributed by atoms with E-state index in [2.05, 4.69) is 0 Å². The van der Waals surface area contributed by atoms with Crippen LogP contribution in [0.1, 0.15) is 32.6 Å². The van der Waals surface area contributed by atoms with Crippen molar-refractivity contribution >= 4 is 11.9 Å². The monoisotopic (exact) mass is 288 g/mol. The Bertz CT molecular complexity index is 292. The van der Waals surface area contributed by atoms with Crippen LogP contribution >= 0.6 is 0 Å². The Labute approximate surface area is 119 Å². The smallest absolute Gasteiger partial charge is 0.306 e. The average Bonchev–Trinajstić information content (AvgIpc) is 3.03. The lowest BCUT2D eigenvalue weighted by Gasteiger charge is -2.05. The molecule has 2 aliphatic rings. The fraction of sp³-hybridized carbons (Fsp3) is 0.857. The Morgan fingerprint density at radius 1 is 1.10 bits per heavy atom. The van der Waals surface area contributed by atoms with E-state index in [4.69, 9.17) is 19.3 Å². The number of aliphatic carboxylic acids is 1. The molecule has 20 heavy (non-hydrogen) atoms. The summed E-state index contributed by atoms with van der Waals surface area (Å²) >= 11 is 0. The molecule has 2 aliphatic heterocycles. The lowest BCUT2D eigenvalue weighted by atomic mass is 10.1. The molecule has 0 spiro atoms. The van der Waals surface area contributed by atoms with Crippen LogP contribution in [-0.4, -0.2) is 50.1 Å². The summed E-state index contributed by atoms with van der Waals surface area (Å²) in [5.74, 6) is -0.148. The van der Waals surface area contributed by atoms with Gasteiger partial charge in [0.05, 0.1) is 32.7 Å². The molecule has 0 aromatic carbocycles. The summed E-state index contributed by atoms with van der Waals surface area (Å²) in [7, 11) is 0. The fourth-order valence-corrected chi connectivity index (χ4v) is 2.19. The number of carboxylic acids is 1. The minimum atomic E-state index is -0.717. The molecule has 6 heteroatoms. The van der Waals surface area contributed by atoms with Crippen molar-refractivity contribution in [3.8, 4) is 0 Å². The molecule has 2 rings (SSSR count). The molecule has 6 nitrogen and oxygen atoms in total. The van der Waals surface area contributed by atoms with Gasteiger partial charge in [-0.1, -0.05) is 0 Å². The summed E-state index contributed by atoms with van der Waals surface area (Å²) in [6.07, 6.45) is 2.69. The number of carbonyl (C=O) groups is 2. The number of rotatable bonds is 5. The van der Waals surface area contributed by atoms with Crippen molar-refractivity contribution in [2.75, 3.05) is 33.0 Å². The summed E-state index contributed by atoms with van der Waals surface area (Å²) < 4.78 is 14.9. The maximum atomic E-state index is 10.9. The van der Waals surface area contributed by atoms with Crippen molar-refractivity contribution in [3.05, 3.63) is 0 Å². The second kappa shape index (κ2) is 9.72. The molecule has 0 radical (unpaired) electrons. The molecule has 0 aliphatic carbocycles. The molecular weight excluding hydrogens is 264 g/mol. The molecule has 2 unspecified atom stereocenters. The zero-order valence-electron chi connectivity index (χ0n) is 12.0. The number of carboxylic acid groups (broad SMARTS) is 1. The Morgan fingerprint density at radius 3 is 2.05 bits per heavy atom. The Hall–Kier alpha value is -1.14. The normalized spacial score (nSPS) is 24.9. The van der Waals surface area contributed by atoms with E-state index >= 15 is 0 Å². The Morgan fingerprint density at radius 2 is 1.65 bits per heavy atom. The maximum absolute atomic E-state index is 10.9. The van der Waals surface area contributed by atoms with Gasteiger partial charge in [0.25, 0.3) is 0 Å². The number of esters is 1. The van der Waals surface area contributed by atoms with Gasteiger partial charge in [0, 0.05) is 13.2 Å². The van der Waals surface area contributed by atoms with Gasteiger partial charge in [-0.3, -0.25) is 9.59 Å². The third-order valence-electron chi connectivity index (χ3n) is 3.27. The highest BCUT2D eigenvalue weighted by molar-refractivity contribution is 5.69. The number of hydrogen-bond acceptors (Lipinski definition) is 5. The van der Waals surface area contributed by atoms with E-state index in [1.165, 1.54) is 0 Å². The molecule has 2 heterocycles. The summed E-state index contributed by atoms with van der Waals surface area (Å²) in [4.78, 5) is 21.0. The van der Waals surface area contributed by atoms with Crippen molar-refractivity contribution in [2.24, 2.45) is 11.8 Å². The highest BCUT2D eigenvalue weighted by Gasteiger charge is 2.19. The first-order chi connectivity index (χ1) is 9.61. The van der Waals surface area contributed by atoms with E-state index in [-0.39, 0.29) is 18.3 Å². The second-order valence-electron chi connectivity index (χ2n) is 5.07. The highest BCUT2D eigenvalue weighted by atomic mass is 16.5. The largest absolute Gasteiger partial charge is 0.481 e. The van der Waals surface area contributed by atoms with Crippen LogP contribution in [-0.2, 0) is 23.8 Å². The number of carbonyl (C=O) groups excluding carboxylic acids is 1. The molecule has 0 saturated carbocycles. The Kier molecular flexibility index (Phi) is 8.22. The third kappa shape index (κ3) is 7.45. The average molecular weight is 288 g/mol. The first kappa shape index (κ1) is 16.9. The van der Waals surface area contributed by atoms with Gasteiger partial charge in [0.2, 0.25) is 0 Å². The summed E-state index contributed by atoms with van der Waals surface area (Å²) in [5.41, 5.74) is 0. The molecule has 2 atom stereocenters. The van der Waals surface area contributed by atoms with Gasteiger partial charge in [-0.15, -0.1) is 0 Å². The molecule has 116 valence electrons. The standard InChI is InChI=1S/C8H14O3.C6H10O3/c1-2-11-8(9)5-7-3-4-10-6-7;7-6(8)3-5-1-2-9-4-5/h7H,2-6H2,1H3;5H,1-4H2,(H,7,8).